The van der Waals surface area contributed by atoms with E-state index in [1.807, 2.05) is 42.6 Å². The molecule has 0 aliphatic heterocycles. The van der Waals surface area contributed by atoms with Crippen molar-refractivity contribution in [3.05, 3.63) is 60.4 Å². The number of pyridine rings is 2. The fraction of sp³-hybridized carbons (Fsp3) is 0.500. The number of amides is 1. The first-order valence-electron chi connectivity index (χ1n) is 13.7. The first-order valence-corrected chi connectivity index (χ1v) is 13.7. The lowest BCUT2D eigenvalue weighted by Crippen LogP contribution is -2.47. The first kappa shape index (κ1) is 23.4. The molecular weight excluding hydrogens is 446 g/mol. The van der Waals surface area contributed by atoms with Gasteiger partial charge in [-0.3, -0.25) is 9.78 Å². The molecule has 1 amide bonds. The lowest BCUT2D eigenvalue weighted by molar-refractivity contribution is -0.124. The molecule has 4 saturated carbocycles. The summed E-state index contributed by atoms with van der Waals surface area (Å²) in [5, 5.41) is 11.2. The number of carbonyl (C=O) groups is 1. The van der Waals surface area contributed by atoms with Crippen LogP contribution >= 0.6 is 0 Å². The maximum absolute atomic E-state index is 13.4. The van der Waals surface area contributed by atoms with E-state index in [9.17, 15) is 4.79 Å². The molecule has 0 unspecified atom stereocenters. The molecule has 2 heterocycles. The van der Waals surface area contributed by atoms with Crippen molar-refractivity contribution in [3.8, 4) is 0 Å². The zero-order chi connectivity index (χ0) is 24.4. The van der Waals surface area contributed by atoms with Crippen LogP contribution in [0.15, 0.2) is 54.7 Å². The van der Waals surface area contributed by atoms with Gasteiger partial charge in [-0.15, -0.1) is 0 Å². The summed E-state index contributed by atoms with van der Waals surface area (Å²) in [5.41, 5.74) is 3.01. The Morgan fingerprint density at radius 2 is 1.69 bits per heavy atom. The topological polar surface area (TPSA) is 78.9 Å². The van der Waals surface area contributed by atoms with Crippen LogP contribution in [-0.4, -0.2) is 29.0 Å². The minimum absolute atomic E-state index is 0.147. The second-order valence-corrected chi connectivity index (χ2v) is 11.5. The molecule has 6 heteroatoms. The van der Waals surface area contributed by atoms with Gasteiger partial charge < -0.3 is 16.0 Å². The monoisotopic (exact) mass is 483 g/mol. The summed E-state index contributed by atoms with van der Waals surface area (Å²) < 4.78 is 0. The van der Waals surface area contributed by atoms with Crippen molar-refractivity contribution < 1.29 is 4.79 Å². The molecule has 7 rings (SSSR count). The van der Waals surface area contributed by atoms with Gasteiger partial charge in [-0.1, -0.05) is 24.3 Å². The highest BCUT2D eigenvalue weighted by atomic mass is 16.1. The van der Waals surface area contributed by atoms with Gasteiger partial charge in [0.2, 0.25) is 5.91 Å². The maximum atomic E-state index is 13.4. The molecule has 4 bridgehead atoms. The Labute approximate surface area is 213 Å². The van der Waals surface area contributed by atoms with E-state index in [4.69, 9.17) is 4.98 Å². The number of carbonyl (C=O) groups excluding carboxylic acids is 1. The molecule has 1 aromatic carbocycles. The van der Waals surface area contributed by atoms with Crippen molar-refractivity contribution in [2.75, 3.05) is 23.7 Å². The summed E-state index contributed by atoms with van der Waals surface area (Å²) >= 11 is 0. The van der Waals surface area contributed by atoms with Gasteiger partial charge >= 0.3 is 0 Å². The lowest BCUT2D eigenvalue weighted by atomic mass is 9.49. The number of nitrogens with zero attached hydrogens (tertiary/aromatic N) is 2. The molecule has 3 aromatic rings. The zero-order valence-electron chi connectivity index (χ0n) is 21.0. The van der Waals surface area contributed by atoms with Crippen molar-refractivity contribution in [1.82, 2.24) is 15.3 Å². The van der Waals surface area contributed by atoms with Crippen LogP contribution in [0.2, 0.25) is 0 Å². The van der Waals surface area contributed by atoms with E-state index in [-0.39, 0.29) is 11.3 Å². The average Bonchev–Trinajstić information content (AvgIpc) is 2.85. The molecule has 2 aromatic heterocycles. The van der Waals surface area contributed by atoms with E-state index in [0.29, 0.717) is 6.42 Å². The molecule has 36 heavy (non-hydrogen) atoms. The van der Waals surface area contributed by atoms with Crippen LogP contribution in [0.25, 0.3) is 10.9 Å². The van der Waals surface area contributed by atoms with Crippen molar-refractivity contribution in [2.45, 2.75) is 57.9 Å². The molecule has 6 nitrogen and oxygen atoms in total. The van der Waals surface area contributed by atoms with Gasteiger partial charge in [-0.05, 0) is 98.9 Å². The minimum atomic E-state index is 0.147. The molecule has 4 fully saturated rings. The van der Waals surface area contributed by atoms with Crippen molar-refractivity contribution in [2.24, 2.45) is 23.2 Å². The number of anilines is 2. The van der Waals surface area contributed by atoms with Crippen LogP contribution in [0.4, 0.5) is 11.5 Å². The number of fused-ring (bicyclic) bond motifs is 1. The van der Waals surface area contributed by atoms with Gasteiger partial charge in [-0.25, -0.2) is 4.98 Å². The smallest absolute Gasteiger partial charge is 0.225 e. The van der Waals surface area contributed by atoms with Crippen molar-refractivity contribution in [3.63, 3.8) is 0 Å². The third-order valence-electron chi connectivity index (χ3n) is 8.55. The molecule has 3 N–H and O–H groups in total. The summed E-state index contributed by atoms with van der Waals surface area (Å²) in [5.74, 6) is 3.48. The molecule has 0 saturated heterocycles. The average molecular weight is 484 g/mol. The summed E-state index contributed by atoms with van der Waals surface area (Å²) in [6, 6.07) is 16.2. The summed E-state index contributed by atoms with van der Waals surface area (Å²) in [4.78, 5) is 22.6. The summed E-state index contributed by atoms with van der Waals surface area (Å²) in [6.07, 6.45) is 11.4. The Morgan fingerprint density at radius 3 is 2.44 bits per heavy atom. The number of nitrogens with one attached hydrogen (secondary N) is 3. The van der Waals surface area contributed by atoms with Crippen LogP contribution in [-0.2, 0) is 11.3 Å². The molecule has 188 valence electrons. The zero-order valence-corrected chi connectivity index (χ0v) is 21.0. The van der Waals surface area contributed by atoms with E-state index < -0.39 is 0 Å². The second kappa shape index (κ2) is 10.2. The SMILES string of the molecule is O=C(CC12CC3CC(CC(C3)C1)C2)Nc1cc2ccccc2nc1NCCCNCc1ccccn1. The highest BCUT2D eigenvalue weighted by Crippen LogP contribution is 2.61. The first-order chi connectivity index (χ1) is 17.6. The van der Waals surface area contributed by atoms with Gasteiger partial charge in [0.15, 0.2) is 5.82 Å². The van der Waals surface area contributed by atoms with Crippen LogP contribution in [0, 0.1) is 23.2 Å². The van der Waals surface area contributed by atoms with Crippen LogP contribution in [0.3, 0.4) is 0 Å². The molecule has 0 atom stereocenters. The summed E-state index contributed by atoms with van der Waals surface area (Å²) in [6.45, 7) is 2.42. The molecule has 0 spiro atoms. The Morgan fingerprint density at radius 1 is 0.944 bits per heavy atom. The normalized spacial score (nSPS) is 26.3. The van der Waals surface area contributed by atoms with E-state index in [1.54, 1.807) is 0 Å². The van der Waals surface area contributed by atoms with Gasteiger partial charge in [0.1, 0.15) is 0 Å². The Hall–Kier alpha value is -2.99. The molecule has 0 radical (unpaired) electrons. The maximum Gasteiger partial charge on any atom is 0.225 e. The van der Waals surface area contributed by atoms with Crippen LogP contribution < -0.4 is 16.0 Å². The second-order valence-electron chi connectivity index (χ2n) is 11.5. The van der Waals surface area contributed by atoms with Gasteiger partial charge in [0.05, 0.1) is 16.9 Å². The largest absolute Gasteiger partial charge is 0.368 e. The number of para-hydroxylation sites is 1. The van der Waals surface area contributed by atoms with E-state index in [1.165, 1.54) is 38.5 Å². The number of hydrogen-bond donors (Lipinski definition) is 3. The fourth-order valence-electron chi connectivity index (χ4n) is 7.53. The van der Waals surface area contributed by atoms with Gasteiger partial charge in [0.25, 0.3) is 0 Å². The van der Waals surface area contributed by atoms with Crippen molar-refractivity contribution in [1.29, 1.82) is 0 Å². The lowest BCUT2D eigenvalue weighted by Gasteiger charge is -2.56. The molecular formula is C30H37N5O. The third-order valence-corrected chi connectivity index (χ3v) is 8.55. The Balaban J connectivity index is 1.08. The van der Waals surface area contributed by atoms with E-state index in [0.717, 1.165) is 71.9 Å². The minimum Gasteiger partial charge on any atom is -0.368 e. The van der Waals surface area contributed by atoms with Crippen LogP contribution in [0.5, 0.6) is 0 Å². The number of hydrogen-bond acceptors (Lipinski definition) is 5. The quantitative estimate of drug-likeness (QED) is 0.319. The Bertz CT molecular complexity index is 1180. The summed E-state index contributed by atoms with van der Waals surface area (Å²) in [7, 11) is 0. The number of benzene rings is 1. The highest BCUT2D eigenvalue weighted by Gasteiger charge is 2.51. The predicted molar refractivity (Wildman–Crippen MR) is 145 cm³/mol. The molecule has 4 aliphatic rings. The highest BCUT2D eigenvalue weighted by molar-refractivity contribution is 5.97. The Kier molecular flexibility index (Phi) is 6.61. The fourth-order valence-corrected chi connectivity index (χ4v) is 7.53. The number of rotatable bonds is 10. The number of aromatic nitrogens is 2. The third kappa shape index (κ3) is 5.24. The predicted octanol–water partition coefficient (Wildman–Crippen LogP) is 5.77. The van der Waals surface area contributed by atoms with E-state index in [2.05, 4.69) is 33.1 Å². The van der Waals surface area contributed by atoms with Crippen molar-refractivity contribution >= 4 is 28.3 Å². The van der Waals surface area contributed by atoms with Gasteiger partial charge in [0, 0.05) is 31.1 Å². The standard InChI is InChI=1S/C30H37N5O/c36-28(19-30-16-21-12-22(17-30)14-23(13-21)18-30)34-27-15-24-6-1-2-8-26(24)35-29(27)33-11-5-9-31-20-25-7-3-4-10-32-25/h1-4,6-8,10,15,21-23,31H,5,9,11-14,16-20H2,(H,33,35)(H,34,36). The van der Waals surface area contributed by atoms with E-state index >= 15 is 0 Å². The van der Waals surface area contributed by atoms with Gasteiger partial charge in [-0.2, -0.15) is 0 Å². The molecule has 4 aliphatic carbocycles. The van der Waals surface area contributed by atoms with Crippen LogP contribution in [0.1, 0.15) is 57.1 Å².